The smallest absolute Gasteiger partial charge is 0.319 e. The topological polar surface area (TPSA) is 86.8 Å². The van der Waals surface area contributed by atoms with Gasteiger partial charge in [0.2, 0.25) is 5.91 Å². The third-order valence-corrected chi connectivity index (χ3v) is 5.46. The Morgan fingerprint density at radius 1 is 1.23 bits per heavy atom. The predicted octanol–water partition coefficient (Wildman–Crippen LogP) is 2.81. The number of nitrogens with one attached hydrogen (secondary N) is 2. The fourth-order valence-corrected chi connectivity index (χ4v) is 3.75. The first-order chi connectivity index (χ1) is 14.9. The van der Waals surface area contributed by atoms with E-state index in [9.17, 15) is 9.59 Å². The molecular formula is C22H28ClN5O3. The number of aromatic nitrogens is 1. The number of benzene rings is 1. The van der Waals surface area contributed by atoms with Crippen molar-refractivity contribution in [3.63, 3.8) is 0 Å². The molecule has 9 heteroatoms. The number of anilines is 1. The van der Waals surface area contributed by atoms with Crippen molar-refractivity contribution in [2.24, 2.45) is 0 Å². The van der Waals surface area contributed by atoms with Gasteiger partial charge in [0.25, 0.3) is 0 Å². The van der Waals surface area contributed by atoms with Gasteiger partial charge >= 0.3 is 6.03 Å². The van der Waals surface area contributed by atoms with Crippen molar-refractivity contribution in [2.75, 3.05) is 46.2 Å². The fraction of sp³-hybridized carbons (Fsp3) is 0.409. The van der Waals surface area contributed by atoms with Crippen molar-refractivity contribution in [1.29, 1.82) is 0 Å². The molecule has 3 amide bonds. The number of hydrogen-bond donors (Lipinski definition) is 2. The number of nitrogens with zero attached hydrogens (tertiary/aromatic N) is 3. The van der Waals surface area contributed by atoms with Crippen LogP contribution in [-0.4, -0.2) is 73.6 Å². The summed E-state index contributed by atoms with van der Waals surface area (Å²) in [7, 11) is 5.33. The average molecular weight is 446 g/mol. The van der Waals surface area contributed by atoms with E-state index in [0.717, 1.165) is 5.69 Å². The number of methoxy groups -OCH3 is 1. The lowest BCUT2D eigenvalue weighted by Gasteiger charge is -2.39. The van der Waals surface area contributed by atoms with Crippen LogP contribution in [0, 0.1) is 0 Å². The molecule has 0 saturated carbocycles. The molecule has 0 radical (unpaired) electrons. The Morgan fingerprint density at radius 3 is 2.58 bits per heavy atom. The highest BCUT2D eigenvalue weighted by Gasteiger charge is 2.34. The SMILES string of the molecule is COc1ccc([C@@H]2CN(C(=O)CN(C)C)CC[C@H]2NC(=O)Nc2ccc(Cl)cc2)nc1. The second-order valence-corrected chi connectivity index (χ2v) is 8.24. The average Bonchev–Trinajstić information content (AvgIpc) is 2.75. The highest BCUT2D eigenvalue weighted by Crippen LogP contribution is 2.27. The molecule has 0 spiro atoms. The largest absolute Gasteiger partial charge is 0.495 e. The van der Waals surface area contributed by atoms with Gasteiger partial charge in [-0.15, -0.1) is 0 Å². The molecule has 1 aromatic carbocycles. The van der Waals surface area contributed by atoms with Crippen molar-refractivity contribution in [3.05, 3.63) is 53.3 Å². The maximum atomic E-state index is 12.6. The van der Waals surface area contributed by atoms with Crippen molar-refractivity contribution in [1.82, 2.24) is 20.1 Å². The summed E-state index contributed by atoms with van der Waals surface area (Å²) in [4.78, 5) is 33.5. The van der Waals surface area contributed by atoms with Gasteiger partial charge in [0.05, 0.1) is 19.9 Å². The fourth-order valence-electron chi connectivity index (χ4n) is 3.62. The Hall–Kier alpha value is -2.84. The van der Waals surface area contributed by atoms with Gasteiger partial charge in [-0.05, 0) is 56.9 Å². The molecule has 0 bridgehead atoms. The summed E-state index contributed by atoms with van der Waals surface area (Å²) in [6, 6.07) is 10.2. The molecule has 166 valence electrons. The van der Waals surface area contributed by atoms with Crippen LogP contribution in [0.4, 0.5) is 10.5 Å². The maximum Gasteiger partial charge on any atom is 0.319 e. The predicted molar refractivity (Wildman–Crippen MR) is 121 cm³/mol. The van der Waals surface area contributed by atoms with E-state index < -0.39 is 0 Å². The molecule has 0 unspecified atom stereocenters. The second-order valence-electron chi connectivity index (χ2n) is 7.81. The van der Waals surface area contributed by atoms with Crippen LogP contribution in [0.2, 0.25) is 5.02 Å². The van der Waals surface area contributed by atoms with E-state index in [-0.39, 0.29) is 23.9 Å². The van der Waals surface area contributed by atoms with Crippen molar-refractivity contribution < 1.29 is 14.3 Å². The Balaban J connectivity index is 1.73. The van der Waals surface area contributed by atoms with Gasteiger partial charge in [-0.2, -0.15) is 0 Å². The molecule has 31 heavy (non-hydrogen) atoms. The van der Waals surface area contributed by atoms with Crippen LogP contribution >= 0.6 is 11.6 Å². The molecule has 2 aromatic rings. The third kappa shape index (κ3) is 6.32. The summed E-state index contributed by atoms with van der Waals surface area (Å²) in [5.41, 5.74) is 1.46. The summed E-state index contributed by atoms with van der Waals surface area (Å²) >= 11 is 5.90. The van der Waals surface area contributed by atoms with Gasteiger partial charge in [0.15, 0.2) is 0 Å². The second kappa shape index (κ2) is 10.5. The van der Waals surface area contributed by atoms with Crippen molar-refractivity contribution >= 4 is 29.2 Å². The highest BCUT2D eigenvalue weighted by atomic mass is 35.5. The summed E-state index contributed by atoms with van der Waals surface area (Å²) < 4.78 is 5.20. The van der Waals surface area contributed by atoms with E-state index in [2.05, 4.69) is 15.6 Å². The molecule has 1 aromatic heterocycles. The molecule has 1 fully saturated rings. The van der Waals surface area contributed by atoms with E-state index in [4.69, 9.17) is 16.3 Å². The number of pyridine rings is 1. The summed E-state index contributed by atoms with van der Waals surface area (Å²) in [6.45, 7) is 1.40. The Bertz CT molecular complexity index is 889. The number of likely N-dealkylation sites (N-methyl/N-ethyl adjacent to an activating group) is 1. The number of halogens is 1. The van der Waals surface area contributed by atoms with E-state index in [1.807, 2.05) is 36.0 Å². The third-order valence-electron chi connectivity index (χ3n) is 5.21. The number of carbonyl (C=O) groups excluding carboxylic acids is 2. The van der Waals surface area contributed by atoms with E-state index in [0.29, 0.717) is 42.5 Å². The molecule has 2 heterocycles. The lowest BCUT2D eigenvalue weighted by molar-refractivity contribution is -0.133. The molecule has 1 saturated heterocycles. The Morgan fingerprint density at radius 2 is 1.97 bits per heavy atom. The quantitative estimate of drug-likeness (QED) is 0.714. The Kier molecular flexibility index (Phi) is 7.70. The van der Waals surface area contributed by atoms with Gasteiger partial charge in [0, 0.05) is 41.5 Å². The number of piperidine rings is 1. The standard InChI is InChI=1S/C22H28ClN5O3/c1-27(2)14-21(29)28-11-10-20(18(13-28)19-9-8-17(31-3)12-24-19)26-22(30)25-16-6-4-15(23)5-7-16/h4-9,12,18,20H,10-11,13-14H2,1-3H3,(H2,25,26,30)/t18-,20+/m0/s1. The van der Waals surface area contributed by atoms with Gasteiger partial charge < -0.3 is 25.2 Å². The molecular weight excluding hydrogens is 418 g/mol. The van der Waals surface area contributed by atoms with Crippen LogP contribution in [0.1, 0.15) is 18.0 Å². The van der Waals surface area contributed by atoms with E-state index in [1.54, 1.807) is 37.6 Å². The molecule has 2 atom stereocenters. The number of urea groups is 1. The summed E-state index contributed by atoms with van der Waals surface area (Å²) in [6.07, 6.45) is 2.28. The minimum atomic E-state index is -0.307. The molecule has 8 nitrogen and oxygen atoms in total. The summed E-state index contributed by atoms with van der Waals surface area (Å²) in [5.74, 6) is 0.583. The first-order valence-electron chi connectivity index (χ1n) is 10.1. The lowest BCUT2D eigenvalue weighted by Crippen LogP contribution is -2.53. The van der Waals surface area contributed by atoms with Crippen LogP contribution < -0.4 is 15.4 Å². The lowest BCUT2D eigenvalue weighted by atomic mass is 9.88. The number of amides is 3. The van der Waals surface area contributed by atoms with Gasteiger partial charge in [-0.25, -0.2) is 4.79 Å². The maximum absolute atomic E-state index is 12.6. The van der Waals surface area contributed by atoms with E-state index >= 15 is 0 Å². The zero-order chi connectivity index (χ0) is 22.4. The number of hydrogen-bond acceptors (Lipinski definition) is 5. The van der Waals surface area contributed by atoms with Crippen LogP contribution in [0.25, 0.3) is 0 Å². The first-order valence-corrected chi connectivity index (χ1v) is 10.5. The minimum Gasteiger partial charge on any atom is -0.495 e. The molecule has 1 aliphatic heterocycles. The number of rotatable bonds is 6. The van der Waals surface area contributed by atoms with Crippen LogP contribution in [0.15, 0.2) is 42.6 Å². The number of likely N-dealkylation sites (tertiary alicyclic amines) is 1. The van der Waals surface area contributed by atoms with Gasteiger partial charge in [0.1, 0.15) is 5.75 Å². The monoisotopic (exact) mass is 445 g/mol. The zero-order valence-electron chi connectivity index (χ0n) is 18.0. The zero-order valence-corrected chi connectivity index (χ0v) is 18.7. The van der Waals surface area contributed by atoms with Crippen LogP contribution in [0.5, 0.6) is 5.75 Å². The molecule has 0 aliphatic carbocycles. The van der Waals surface area contributed by atoms with Gasteiger partial charge in [-0.3, -0.25) is 9.78 Å². The first kappa shape index (κ1) is 22.8. The number of carbonyl (C=O) groups is 2. The van der Waals surface area contributed by atoms with E-state index in [1.165, 1.54) is 0 Å². The molecule has 3 rings (SSSR count). The molecule has 2 N–H and O–H groups in total. The van der Waals surface area contributed by atoms with Gasteiger partial charge in [-0.1, -0.05) is 11.6 Å². The van der Waals surface area contributed by atoms with Crippen molar-refractivity contribution in [3.8, 4) is 5.75 Å². The Labute approximate surface area is 187 Å². The van der Waals surface area contributed by atoms with Crippen LogP contribution in [-0.2, 0) is 4.79 Å². The highest BCUT2D eigenvalue weighted by molar-refractivity contribution is 6.30. The van der Waals surface area contributed by atoms with Crippen molar-refractivity contribution in [2.45, 2.75) is 18.4 Å². The number of ether oxygens (including phenoxy) is 1. The summed E-state index contributed by atoms with van der Waals surface area (Å²) in [5, 5.41) is 6.49. The minimum absolute atomic E-state index is 0.0626. The normalized spacial score (nSPS) is 18.5. The van der Waals surface area contributed by atoms with Crippen LogP contribution in [0.3, 0.4) is 0 Å². The molecule has 1 aliphatic rings.